The van der Waals surface area contributed by atoms with Gasteiger partial charge in [0.1, 0.15) is 5.82 Å². The van der Waals surface area contributed by atoms with E-state index >= 15 is 0 Å². The quantitative estimate of drug-likeness (QED) is 0.790. The molecule has 1 aromatic rings. The van der Waals surface area contributed by atoms with Crippen molar-refractivity contribution in [2.24, 2.45) is 0 Å². The first-order chi connectivity index (χ1) is 7.12. The van der Waals surface area contributed by atoms with Crippen molar-refractivity contribution in [1.29, 1.82) is 0 Å². The minimum Gasteiger partial charge on any atom is -0.296 e. The summed E-state index contributed by atoms with van der Waals surface area (Å²) in [5.74, 6) is 1.69. The molecule has 0 atom stereocenters. The van der Waals surface area contributed by atoms with Crippen molar-refractivity contribution in [3.63, 3.8) is 0 Å². The highest BCUT2D eigenvalue weighted by Gasteiger charge is 2.35. The highest BCUT2D eigenvalue weighted by molar-refractivity contribution is 6.28. The van der Waals surface area contributed by atoms with E-state index in [1.165, 1.54) is 12.8 Å². The van der Waals surface area contributed by atoms with Gasteiger partial charge in [-0.2, -0.15) is 0 Å². The maximum Gasteiger partial charge on any atom is 0.225 e. The Balaban J connectivity index is 2.44. The molecule has 1 aromatic heterocycles. The van der Waals surface area contributed by atoms with Gasteiger partial charge < -0.3 is 0 Å². The topological polar surface area (TPSA) is 30.7 Å². The van der Waals surface area contributed by atoms with E-state index in [2.05, 4.69) is 35.5 Å². The highest BCUT2D eigenvalue weighted by atomic mass is 35.5. The van der Waals surface area contributed by atoms with Crippen LogP contribution in [0.1, 0.15) is 58.2 Å². The Kier molecular flexibility index (Phi) is 2.75. The molecule has 0 saturated heterocycles. The average molecular weight is 228 g/mol. The normalized spacial score (nSPS) is 17.1. The van der Waals surface area contributed by atoms with Gasteiger partial charge in [0, 0.05) is 11.5 Å². The van der Waals surface area contributed by atoms with E-state index in [0.29, 0.717) is 11.2 Å². The van der Waals surface area contributed by atoms with E-state index in [4.69, 9.17) is 11.6 Å². The summed E-state index contributed by atoms with van der Waals surface area (Å²) in [6.07, 6.45) is 4.58. The van der Waals surface area contributed by atoms with Crippen LogP contribution in [-0.2, 0) is 5.54 Å². The number of nitrogens with zero attached hydrogens (tertiary/aromatic N) is 3. The van der Waals surface area contributed by atoms with E-state index in [9.17, 15) is 0 Å². The highest BCUT2D eigenvalue weighted by Crippen LogP contribution is 2.42. The molecule has 2 rings (SSSR count). The Bertz CT molecular complexity index is 351. The van der Waals surface area contributed by atoms with Crippen LogP contribution < -0.4 is 0 Å². The summed E-state index contributed by atoms with van der Waals surface area (Å²) in [7, 11) is 0. The molecule has 4 heteroatoms. The van der Waals surface area contributed by atoms with Gasteiger partial charge in [0.2, 0.25) is 5.28 Å². The molecule has 0 amide bonds. The van der Waals surface area contributed by atoms with Crippen molar-refractivity contribution in [2.75, 3.05) is 0 Å². The molecule has 1 aliphatic rings. The summed E-state index contributed by atoms with van der Waals surface area (Å²) in [6.45, 7) is 6.61. The SMILES string of the molecule is CCC(C)(CC)n1c(Cl)nnc1C1CC1. The molecule has 0 radical (unpaired) electrons. The van der Waals surface area contributed by atoms with Gasteiger partial charge in [-0.05, 0) is 44.2 Å². The molecule has 1 saturated carbocycles. The molecule has 0 aromatic carbocycles. The third-order valence-corrected chi connectivity index (χ3v) is 3.90. The minimum atomic E-state index is 0.0680. The van der Waals surface area contributed by atoms with Gasteiger partial charge in [0.15, 0.2) is 0 Å². The minimum absolute atomic E-state index is 0.0680. The summed E-state index contributed by atoms with van der Waals surface area (Å²) < 4.78 is 2.15. The van der Waals surface area contributed by atoms with Crippen molar-refractivity contribution >= 4 is 11.6 Å². The van der Waals surface area contributed by atoms with Crippen molar-refractivity contribution < 1.29 is 0 Å². The molecule has 0 N–H and O–H groups in total. The van der Waals surface area contributed by atoms with Gasteiger partial charge >= 0.3 is 0 Å². The van der Waals surface area contributed by atoms with E-state index < -0.39 is 0 Å². The largest absolute Gasteiger partial charge is 0.296 e. The molecule has 0 unspecified atom stereocenters. The Morgan fingerprint density at radius 2 is 1.93 bits per heavy atom. The molecular weight excluding hydrogens is 210 g/mol. The zero-order valence-corrected chi connectivity index (χ0v) is 10.4. The zero-order chi connectivity index (χ0) is 11.1. The van der Waals surface area contributed by atoms with Gasteiger partial charge in [0.25, 0.3) is 0 Å². The summed E-state index contributed by atoms with van der Waals surface area (Å²) >= 11 is 6.15. The summed E-state index contributed by atoms with van der Waals surface area (Å²) in [6, 6.07) is 0. The molecule has 1 heterocycles. The fourth-order valence-electron chi connectivity index (χ4n) is 1.95. The standard InChI is InChI=1S/C11H18ClN3/c1-4-11(3,5-2)15-9(8-6-7-8)13-14-10(15)12/h8H,4-7H2,1-3H3. The van der Waals surface area contributed by atoms with Crippen molar-refractivity contribution in [3.05, 3.63) is 11.1 Å². The van der Waals surface area contributed by atoms with Gasteiger partial charge in [-0.25, -0.2) is 0 Å². The Labute approximate surface area is 95.8 Å². The predicted molar refractivity (Wildman–Crippen MR) is 61.2 cm³/mol. The number of aromatic nitrogens is 3. The van der Waals surface area contributed by atoms with E-state index in [0.717, 1.165) is 18.7 Å². The lowest BCUT2D eigenvalue weighted by atomic mass is 9.95. The second-order valence-electron chi connectivity index (χ2n) is 4.64. The van der Waals surface area contributed by atoms with Crippen LogP contribution in [-0.4, -0.2) is 14.8 Å². The first-order valence-corrected chi connectivity index (χ1v) is 6.11. The van der Waals surface area contributed by atoms with Crippen LogP contribution in [0.2, 0.25) is 5.28 Å². The number of rotatable bonds is 4. The van der Waals surface area contributed by atoms with E-state index in [-0.39, 0.29) is 5.54 Å². The predicted octanol–water partition coefficient (Wildman–Crippen LogP) is 3.34. The second-order valence-corrected chi connectivity index (χ2v) is 4.98. The Morgan fingerprint density at radius 1 is 1.33 bits per heavy atom. The lowest BCUT2D eigenvalue weighted by Gasteiger charge is -2.30. The number of halogens is 1. The van der Waals surface area contributed by atoms with E-state index in [1.54, 1.807) is 0 Å². The fourth-order valence-corrected chi connectivity index (χ4v) is 2.28. The fraction of sp³-hybridized carbons (Fsp3) is 0.818. The molecule has 15 heavy (non-hydrogen) atoms. The van der Waals surface area contributed by atoms with Crippen molar-refractivity contribution in [2.45, 2.75) is 57.9 Å². The zero-order valence-electron chi connectivity index (χ0n) is 9.63. The summed E-state index contributed by atoms with van der Waals surface area (Å²) in [5, 5.41) is 8.78. The van der Waals surface area contributed by atoms with Crippen LogP contribution in [0, 0.1) is 0 Å². The van der Waals surface area contributed by atoms with Crippen molar-refractivity contribution in [3.8, 4) is 0 Å². The lowest BCUT2D eigenvalue weighted by Crippen LogP contribution is -2.30. The monoisotopic (exact) mass is 227 g/mol. The first-order valence-electron chi connectivity index (χ1n) is 5.73. The maximum absolute atomic E-state index is 6.15. The maximum atomic E-state index is 6.15. The second kappa shape index (κ2) is 3.78. The van der Waals surface area contributed by atoms with Crippen LogP contribution in [0.3, 0.4) is 0 Å². The summed E-state index contributed by atoms with van der Waals surface area (Å²) in [5.41, 5.74) is 0.0680. The number of hydrogen-bond acceptors (Lipinski definition) is 2. The van der Waals surface area contributed by atoms with Crippen LogP contribution in [0.25, 0.3) is 0 Å². The van der Waals surface area contributed by atoms with Crippen LogP contribution in [0.15, 0.2) is 0 Å². The molecule has 1 fully saturated rings. The van der Waals surface area contributed by atoms with Crippen molar-refractivity contribution in [1.82, 2.24) is 14.8 Å². The third kappa shape index (κ3) is 1.78. The summed E-state index contributed by atoms with van der Waals surface area (Å²) in [4.78, 5) is 0. The lowest BCUT2D eigenvalue weighted by molar-refractivity contribution is 0.285. The Hall–Kier alpha value is -0.570. The molecular formula is C11H18ClN3. The molecule has 3 nitrogen and oxygen atoms in total. The van der Waals surface area contributed by atoms with Gasteiger partial charge in [-0.1, -0.05) is 13.8 Å². The van der Waals surface area contributed by atoms with Crippen LogP contribution in [0.4, 0.5) is 0 Å². The molecule has 84 valence electrons. The molecule has 0 spiro atoms. The first kappa shape index (κ1) is 10.9. The van der Waals surface area contributed by atoms with E-state index in [1.807, 2.05) is 0 Å². The molecule has 0 aliphatic heterocycles. The van der Waals surface area contributed by atoms with Crippen LogP contribution in [0.5, 0.6) is 0 Å². The average Bonchev–Trinajstić information content (AvgIpc) is 3.01. The van der Waals surface area contributed by atoms with Gasteiger partial charge in [-0.15, -0.1) is 10.2 Å². The van der Waals surface area contributed by atoms with Gasteiger partial charge in [0.05, 0.1) is 0 Å². The molecule has 1 aliphatic carbocycles. The molecule has 0 bridgehead atoms. The third-order valence-electron chi connectivity index (χ3n) is 3.65. The van der Waals surface area contributed by atoms with Gasteiger partial charge in [-0.3, -0.25) is 4.57 Å². The Morgan fingerprint density at radius 3 is 2.40 bits per heavy atom. The van der Waals surface area contributed by atoms with Crippen LogP contribution >= 0.6 is 11.6 Å². The smallest absolute Gasteiger partial charge is 0.225 e. The number of hydrogen-bond donors (Lipinski definition) is 0.